The van der Waals surface area contributed by atoms with Gasteiger partial charge in [0.15, 0.2) is 0 Å². The lowest BCUT2D eigenvalue weighted by Gasteiger charge is -2.12. The standard InChI is InChI=1S/C17H11Br3O/c18-10-11-5-7-15(14(19)9-11)21-16-8-6-12-3-1-2-4-13(12)17(16)20/h1-9H,10H2. The first-order chi connectivity index (χ1) is 10.2. The fourth-order valence-corrected chi connectivity index (χ4v) is 3.55. The molecule has 0 aliphatic heterocycles. The third-order valence-electron chi connectivity index (χ3n) is 3.20. The van der Waals surface area contributed by atoms with Crippen LogP contribution in [0.15, 0.2) is 63.5 Å². The van der Waals surface area contributed by atoms with E-state index in [0.717, 1.165) is 31.2 Å². The molecule has 1 nitrogen and oxygen atoms in total. The summed E-state index contributed by atoms with van der Waals surface area (Å²) >= 11 is 10.7. The van der Waals surface area contributed by atoms with Crippen LogP contribution in [0.5, 0.6) is 11.5 Å². The van der Waals surface area contributed by atoms with E-state index in [1.54, 1.807) is 0 Å². The molecule has 0 heterocycles. The van der Waals surface area contributed by atoms with Crippen LogP contribution in [0.4, 0.5) is 0 Å². The molecule has 0 radical (unpaired) electrons. The van der Waals surface area contributed by atoms with Crippen LogP contribution in [0, 0.1) is 0 Å². The molecular weight excluding hydrogens is 460 g/mol. The second-order valence-electron chi connectivity index (χ2n) is 4.60. The number of fused-ring (bicyclic) bond motifs is 1. The molecule has 21 heavy (non-hydrogen) atoms. The minimum absolute atomic E-state index is 0.802. The number of rotatable bonds is 3. The van der Waals surface area contributed by atoms with E-state index in [4.69, 9.17) is 4.74 Å². The maximum absolute atomic E-state index is 6.04. The lowest BCUT2D eigenvalue weighted by Crippen LogP contribution is -1.89. The summed E-state index contributed by atoms with van der Waals surface area (Å²) in [4.78, 5) is 0. The Balaban J connectivity index is 2.00. The molecule has 0 fully saturated rings. The van der Waals surface area contributed by atoms with Gasteiger partial charge in [0.25, 0.3) is 0 Å². The van der Waals surface area contributed by atoms with Crippen molar-refractivity contribution in [3.63, 3.8) is 0 Å². The zero-order chi connectivity index (χ0) is 14.8. The van der Waals surface area contributed by atoms with Crippen molar-refractivity contribution in [2.24, 2.45) is 0 Å². The molecule has 0 spiro atoms. The van der Waals surface area contributed by atoms with Gasteiger partial charge < -0.3 is 4.74 Å². The van der Waals surface area contributed by atoms with E-state index in [-0.39, 0.29) is 0 Å². The van der Waals surface area contributed by atoms with Gasteiger partial charge in [-0.3, -0.25) is 0 Å². The number of ether oxygens (including phenoxy) is 1. The average Bonchev–Trinajstić information content (AvgIpc) is 2.52. The molecule has 4 heteroatoms. The first-order valence-electron chi connectivity index (χ1n) is 6.38. The molecule has 0 saturated carbocycles. The van der Waals surface area contributed by atoms with Gasteiger partial charge in [0, 0.05) is 5.33 Å². The Morgan fingerprint density at radius 2 is 1.62 bits per heavy atom. The van der Waals surface area contributed by atoms with E-state index < -0.39 is 0 Å². The molecule has 0 amide bonds. The maximum Gasteiger partial charge on any atom is 0.142 e. The van der Waals surface area contributed by atoms with Gasteiger partial charge in [-0.1, -0.05) is 52.3 Å². The fraction of sp³-hybridized carbons (Fsp3) is 0.0588. The van der Waals surface area contributed by atoms with Crippen molar-refractivity contribution >= 4 is 58.6 Å². The zero-order valence-corrected chi connectivity index (χ0v) is 15.7. The largest absolute Gasteiger partial charge is 0.455 e. The van der Waals surface area contributed by atoms with Crippen LogP contribution in [0.2, 0.25) is 0 Å². The van der Waals surface area contributed by atoms with Gasteiger partial charge in [-0.15, -0.1) is 0 Å². The number of alkyl halides is 1. The van der Waals surface area contributed by atoms with Crippen LogP contribution < -0.4 is 4.74 Å². The summed E-state index contributed by atoms with van der Waals surface area (Å²) in [6, 6.07) is 18.3. The summed E-state index contributed by atoms with van der Waals surface area (Å²) in [7, 11) is 0. The smallest absolute Gasteiger partial charge is 0.142 e. The Morgan fingerprint density at radius 3 is 2.38 bits per heavy atom. The van der Waals surface area contributed by atoms with Crippen molar-refractivity contribution in [1.82, 2.24) is 0 Å². The Morgan fingerprint density at radius 1 is 0.857 bits per heavy atom. The zero-order valence-electron chi connectivity index (χ0n) is 10.9. The van der Waals surface area contributed by atoms with Gasteiger partial charge in [-0.05, 0) is 66.4 Å². The fourth-order valence-electron chi connectivity index (χ4n) is 2.12. The summed E-state index contributed by atoms with van der Waals surface area (Å²) in [5.74, 6) is 1.61. The van der Waals surface area contributed by atoms with Gasteiger partial charge in [0.05, 0.1) is 8.95 Å². The first kappa shape index (κ1) is 15.1. The minimum Gasteiger partial charge on any atom is -0.455 e. The van der Waals surface area contributed by atoms with E-state index in [0.29, 0.717) is 0 Å². The lowest BCUT2D eigenvalue weighted by molar-refractivity contribution is 0.477. The molecule has 0 atom stereocenters. The third-order valence-corrected chi connectivity index (χ3v) is 5.28. The van der Waals surface area contributed by atoms with Gasteiger partial charge in [-0.25, -0.2) is 0 Å². The number of hydrogen-bond donors (Lipinski definition) is 0. The molecule has 0 aromatic heterocycles. The van der Waals surface area contributed by atoms with Gasteiger partial charge in [0.2, 0.25) is 0 Å². The van der Waals surface area contributed by atoms with E-state index in [1.165, 1.54) is 10.9 Å². The second kappa shape index (κ2) is 6.51. The van der Waals surface area contributed by atoms with Gasteiger partial charge in [-0.2, -0.15) is 0 Å². The highest BCUT2D eigenvalue weighted by atomic mass is 79.9. The molecule has 0 bridgehead atoms. The van der Waals surface area contributed by atoms with E-state index in [2.05, 4.69) is 72.1 Å². The predicted octanol–water partition coefficient (Wildman–Crippen LogP) is 7.05. The van der Waals surface area contributed by atoms with Gasteiger partial charge in [0.1, 0.15) is 11.5 Å². The molecule has 3 rings (SSSR count). The molecule has 3 aromatic rings. The Bertz CT molecular complexity index is 799. The molecule has 0 aliphatic rings. The van der Waals surface area contributed by atoms with Crippen LogP contribution in [-0.4, -0.2) is 0 Å². The lowest BCUT2D eigenvalue weighted by atomic mass is 10.1. The molecular formula is C17H11Br3O. The SMILES string of the molecule is BrCc1ccc(Oc2ccc3ccccc3c2Br)c(Br)c1. The molecule has 0 saturated heterocycles. The van der Waals surface area contributed by atoms with E-state index in [9.17, 15) is 0 Å². The van der Waals surface area contributed by atoms with Crippen molar-refractivity contribution in [3.8, 4) is 11.5 Å². The van der Waals surface area contributed by atoms with Crippen molar-refractivity contribution in [3.05, 3.63) is 69.1 Å². The summed E-state index contributed by atoms with van der Waals surface area (Å²) < 4.78 is 7.95. The van der Waals surface area contributed by atoms with E-state index >= 15 is 0 Å². The van der Waals surface area contributed by atoms with Crippen molar-refractivity contribution in [1.29, 1.82) is 0 Å². The number of hydrogen-bond acceptors (Lipinski definition) is 1. The maximum atomic E-state index is 6.04. The Labute approximate surface area is 148 Å². The average molecular weight is 471 g/mol. The highest BCUT2D eigenvalue weighted by Crippen LogP contribution is 2.38. The first-order valence-corrected chi connectivity index (χ1v) is 9.09. The van der Waals surface area contributed by atoms with Crippen LogP contribution in [-0.2, 0) is 5.33 Å². The van der Waals surface area contributed by atoms with Crippen LogP contribution >= 0.6 is 47.8 Å². The number of benzene rings is 3. The van der Waals surface area contributed by atoms with E-state index in [1.807, 2.05) is 30.3 Å². The van der Waals surface area contributed by atoms with Crippen LogP contribution in [0.3, 0.4) is 0 Å². The molecule has 0 unspecified atom stereocenters. The Hall–Kier alpha value is -0.840. The minimum atomic E-state index is 0.802. The molecule has 106 valence electrons. The Kier molecular flexibility index (Phi) is 4.67. The van der Waals surface area contributed by atoms with Crippen LogP contribution in [0.1, 0.15) is 5.56 Å². The number of halogens is 3. The third kappa shape index (κ3) is 3.17. The summed E-state index contributed by atoms with van der Waals surface area (Å²) in [6.45, 7) is 0. The van der Waals surface area contributed by atoms with Crippen molar-refractivity contribution < 1.29 is 4.74 Å². The van der Waals surface area contributed by atoms with Crippen LogP contribution in [0.25, 0.3) is 10.8 Å². The highest BCUT2D eigenvalue weighted by Gasteiger charge is 2.09. The van der Waals surface area contributed by atoms with Gasteiger partial charge >= 0.3 is 0 Å². The second-order valence-corrected chi connectivity index (χ2v) is 6.81. The summed E-state index contributed by atoms with van der Waals surface area (Å²) in [5.41, 5.74) is 1.20. The van der Waals surface area contributed by atoms with Crippen molar-refractivity contribution in [2.45, 2.75) is 5.33 Å². The normalized spacial score (nSPS) is 10.8. The quantitative estimate of drug-likeness (QED) is 0.372. The highest BCUT2D eigenvalue weighted by molar-refractivity contribution is 9.11. The monoisotopic (exact) mass is 468 g/mol. The van der Waals surface area contributed by atoms with Crippen molar-refractivity contribution in [2.75, 3.05) is 0 Å². The molecule has 0 aliphatic carbocycles. The predicted molar refractivity (Wildman–Crippen MR) is 98.5 cm³/mol. The molecule has 0 N–H and O–H groups in total. The summed E-state index contributed by atoms with van der Waals surface area (Å²) in [6.07, 6.45) is 0. The summed E-state index contributed by atoms with van der Waals surface area (Å²) in [5, 5.41) is 3.15. The molecule has 3 aromatic carbocycles. The topological polar surface area (TPSA) is 9.23 Å².